The lowest BCUT2D eigenvalue weighted by molar-refractivity contribution is 0.357. The van der Waals surface area contributed by atoms with E-state index in [9.17, 15) is 0 Å². The molecule has 0 atom stereocenters. The molecule has 0 radical (unpaired) electrons. The highest BCUT2D eigenvalue weighted by atomic mass is 16.5. The number of nitrogens with two attached hydrogens (primary N) is 1. The van der Waals surface area contributed by atoms with Crippen LogP contribution in [0.4, 0.5) is 5.95 Å². The van der Waals surface area contributed by atoms with Crippen LogP contribution in [0.25, 0.3) is 11.1 Å². The van der Waals surface area contributed by atoms with Gasteiger partial charge < -0.3 is 15.8 Å². The van der Waals surface area contributed by atoms with Crippen molar-refractivity contribution in [1.82, 2.24) is 9.97 Å². The van der Waals surface area contributed by atoms with Gasteiger partial charge in [0.25, 0.3) is 0 Å². The van der Waals surface area contributed by atoms with Crippen molar-refractivity contribution in [2.45, 2.75) is 6.42 Å². The Bertz CT molecular complexity index is 568. The lowest BCUT2D eigenvalue weighted by Gasteiger charge is -2.06. The second-order valence-corrected chi connectivity index (χ2v) is 4.43. The first-order valence-corrected chi connectivity index (χ1v) is 6.39. The Labute approximate surface area is 111 Å². The standard InChI is InChI=1S/C14H16N4O/c15-4-5-16-14-17-8-12(9-18-14)10-1-2-13-11(7-10)3-6-19-13/h1-2,7-9H,3-6,15H2,(H,16,17,18). The van der Waals surface area contributed by atoms with Gasteiger partial charge in [0, 0.05) is 37.5 Å². The molecule has 1 aromatic heterocycles. The zero-order valence-corrected chi connectivity index (χ0v) is 10.6. The molecule has 0 aliphatic carbocycles. The molecule has 0 amide bonds. The fourth-order valence-corrected chi connectivity index (χ4v) is 2.12. The monoisotopic (exact) mass is 256 g/mol. The van der Waals surface area contributed by atoms with E-state index in [0.29, 0.717) is 19.0 Å². The van der Waals surface area contributed by atoms with E-state index in [4.69, 9.17) is 10.5 Å². The van der Waals surface area contributed by atoms with E-state index in [0.717, 1.165) is 29.9 Å². The van der Waals surface area contributed by atoms with Crippen LogP contribution in [0.2, 0.25) is 0 Å². The first-order chi connectivity index (χ1) is 9.36. The van der Waals surface area contributed by atoms with Gasteiger partial charge in [0.05, 0.1) is 6.61 Å². The molecule has 0 saturated carbocycles. The fraction of sp³-hybridized carbons (Fsp3) is 0.286. The lowest BCUT2D eigenvalue weighted by Crippen LogP contribution is -2.14. The van der Waals surface area contributed by atoms with Crippen molar-refractivity contribution in [1.29, 1.82) is 0 Å². The molecule has 2 aromatic rings. The molecule has 5 heteroatoms. The largest absolute Gasteiger partial charge is 0.493 e. The third-order valence-corrected chi connectivity index (χ3v) is 3.10. The van der Waals surface area contributed by atoms with E-state index in [-0.39, 0.29) is 0 Å². The van der Waals surface area contributed by atoms with Gasteiger partial charge in [-0.15, -0.1) is 0 Å². The Morgan fingerprint density at radius 1 is 1.21 bits per heavy atom. The number of hydrogen-bond acceptors (Lipinski definition) is 5. The van der Waals surface area contributed by atoms with Gasteiger partial charge in [0.15, 0.2) is 0 Å². The summed E-state index contributed by atoms with van der Waals surface area (Å²) in [7, 11) is 0. The molecule has 0 unspecified atom stereocenters. The topological polar surface area (TPSA) is 73.1 Å². The highest BCUT2D eigenvalue weighted by molar-refractivity contribution is 5.65. The van der Waals surface area contributed by atoms with Gasteiger partial charge in [-0.1, -0.05) is 6.07 Å². The first kappa shape index (κ1) is 11.9. The van der Waals surface area contributed by atoms with Crippen molar-refractivity contribution in [3.63, 3.8) is 0 Å². The van der Waals surface area contributed by atoms with E-state index < -0.39 is 0 Å². The van der Waals surface area contributed by atoms with Crippen LogP contribution in [0, 0.1) is 0 Å². The number of benzene rings is 1. The number of ether oxygens (including phenoxy) is 1. The molecule has 19 heavy (non-hydrogen) atoms. The van der Waals surface area contributed by atoms with Gasteiger partial charge in [0.1, 0.15) is 5.75 Å². The maximum atomic E-state index is 5.50. The molecule has 1 aromatic carbocycles. The molecule has 1 aliphatic rings. The minimum Gasteiger partial charge on any atom is -0.493 e. The van der Waals surface area contributed by atoms with E-state index in [2.05, 4.69) is 21.4 Å². The summed E-state index contributed by atoms with van der Waals surface area (Å²) >= 11 is 0. The minimum atomic E-state index is 0.565. The summed E-state index contributed by atoms with van der Waals surface area (Å²) in [5.41, 5.74) is 8.80. The van der Waals surface area contributed by atoms with Gasteiger partial charge in [-0.3, -0.25) is 0 Å². The zero-order chi connectivity index (χ0) is 13.1. The summed E-state index contributed by atoms with van der Waals surface area (Å²) in [4.78, 5) is 8.55. The third-order valence-electron chi connectivity index (χ3n) is 3.10. The van der Waals surface area contributed by atoms with Crippen molar-refractivity contribution in [2.24, 2.45) is 5.73 Å². The molecule has 1 aliphatic heterocycles. The van der Waals surface area contributed by atoms with Crippen molar-refractivity contribution in [2.75, 3.05) is 25.0 Å². The quantitative estimate of drug-likeness (QED) is 0.866. The lowest BCUT2D eigenvalue weighted by atomic mass is 10.0. The van der Waals surface area contributed by atoms with Crippen LogP contribution in [0.15, 0.2) is 30.6 Å². The Morgan fingerprint density at radius 3 is 2.84 bits per heavy atom. The Hall–Kier alpha value is -2.14. The predicted octanol–water partition coefficient (Wildman–Crippen LogP) is 1.45. The number of fused-ring (bicyclic) bond motifs is 1. The van der Waals surface area contributed by atoms with Crippen molar-refractivity contribution in [3.05, 3.63) is 36.2 Å². The number of rotatable bonds is 4. The van der Waals surface area contributed by atoms with Crippen molar-refractivity contribution >= 4 is 5.95 Å². The number of anilines is 1. The van der Waals surface area contributed by atoms with E-state index in [1.807, 2.05) is 24.5 Å². The zero-order valence-electron chi connectivity index (χ0n) is 10.6. The number of nitrogens with one attached hydrogen (secondary N) is 1. The van der Waals surface area contributed by atoms with Gasteiger partial charge in [-0.2, -0.15) is 0 Å². The van der Waals surface area contributed by atoms with Crippen LogP contribution in [0.1, 0.15) is 5.56 Å². The van der Waals surface area contributed by atoms with Crippen molar-refractivity contribution < 1.29 is 4.74 Å². The predicted molar refractivity (Wildman–Crippen MR) is 74.2 cm³/mol. The molecule has 0 fully saturated rings. The van der Waals surface area contributed by atoms with Crippen LogP contribution >= 0.6 is 0 Å². The van der Waals surface area contributed by atoms with Gasteiger partial charge in [0.2, 0.25) is 5.95 Å². The van der Waals surface area contributed by atoms with Crippen LogP contribution in [0.3, 0.4) is 0 Å². The average Bonchev–Trinajstić information content (AvgIpc) is 2.93. The smallest absolute Gasteiger partial charge is 0.222 e. The van der Waals surface area contributed by atoms with E-state index in [1.165, 1.54) is 5.56 Å². The molecule has 5 nitrogen and oxygen atoms in total. The average molecular weight is 256 g/mol. The summed E-state index contributed by atoms with van der Waals surface area (Å²) in [6.45, 7) is 2.02. The SMILES string of the molecule is NCCNc1ncc(-c2ccc3c(c2)CCO3)cn1. The maximum absolute atomic E-state index is 5.50. The highest BCUT2D eigenvalue weighted by Gasteiger charge is 2.12. The molecule has 0 spiro atoms. The van der Waals surface area contributed by atoms with Gasteiger partial charge in [-0.05, 0) is 23.3 Å². The molecule has 3 N–H and O–H groups in total. The molecule has 2 heterocycles. The number of hydrogen-bond donors (Lipinski definition) is 2. The van der Waals surface area contributed by atoms with Crippen LogP contribution in [0.5, 0.6) is 5.75 Å². The number of aromatic nitrogens is 2. The Morgan fingerprint density at radius 2 is 2.05 bits per heavy atom. The third kappa shape index (κ3) is 2.51. The molecule has 98 valence electrons. The summed E-state index contributed by atoms with van der Waals surface area (Å²) < 4.78 is 5.50. The van der Waals surface area contributed by atoms with Gasteiger partial charge >= 0.3 is 0 Å². The molecular formula is C14H16N4O. The summed E-state index contributed by atoms with van der Waals surface area (Å²) in [6.07, 6.45) is 4.62. The second-order valence-electron chi connectivity index (χ2n) is 4.43. The molecular weight excluding hydrogens is 240 g/mol. The van der Waals surface area contributed by atoms with Crippen LogP contribution in [-0.2, 0) is 6.42 Å². The second kappa shape index (κ2) is 5.24. The van der Waals surface area contributed by atoms with Gasteiger partial charge in [-0.25, -0.2) is 9.97 Å². The molecule has 0 saturated heterocycles. The fourth-order valence-electron chi connectivity index (χ4n) is 2.12. The minimum absolute atomic E-state index is 0.565. The first-order valence-electron chi connectivity index (χ1n) is 6.39. The van der Waals surface area contributed by atoms with E-state index in [1.54, 1.807) is 0 Å². The van der Waals surface area contributed by atoms with Crippen LogP contribution < -0.4 is 15.8 Å². The summed E-state index contributed by atoms with van der Waals surface area (Å²) in [6, 6.07) is 6.20. The highest BCUT2D eigenvalue weighted by Crippen LogP contribution is 2.29. The Balaban J connectivity index is 1.82. The normalized spacial score (nSPS) is 12.9. The summed E-state index contributed by atoms with van der Waals surface area (Å²) in [5.74, 6) is 1.60. The van der Waals surface area contributed by atoms with E-state index >= 15 is 0 Å². The van der Waals surface area contributed by atoms with Crippen LogP contribution in [-0.4, -0.2) is 29.7 Å². The molecule has 0 bridgehead atoms. The van der Waals surface area contributed by atoms with Crippen molar-refractivity contribution in [3.8, 4) is 16.9 Å². The Kier molecular flexibility index (Phi) is 3.29. The maximum Gasteiger partial charge on any atom is 0.222 e. The molecule has 3 rings (SSSR count). The summed E-state index contributed by atoms with van der Waals surface area (Å²) in [5, 5.41) is 3.05. The number of nitrogens with zero attached hydrogens (tertiary/aromatic N) is 2.